The van der Waals surface area contributed by atoms with Crippen molar-refractivity contribution in [2.24, 2.45) is 0 Å². The summed E-state index contributed by atoms with van der Waals surface area (Å²) in [6.45, 7) is 0. The highest BCUT2D eigenvalue weighted by molar-refractivity contribution is 7.93. The van der Waals surface area contributed by atoms with Crippen molar-refractivity contribution in [2.45, 2.75) is 0 Å². The van der Waals surface area contributed by atoms with Gasteiger partial charge in [0.05, 0.1) is 5.69 Å². The molecule has 0 fully saturated rings. The van der Waals surface area contributed by atoms with Crippen molar-refractivity contribution in [3.63, 3.8) is 0 Å². The molecule has 1 aromatic carbocycles. The second-order valence-electron chi connectivity index (χ2n) is 2.88. The molecule has 0 atom stereocenters. The normalized spacial score (nSPS) is 11.1. The summed E-state index contributed by atoms with van der Waals surface area (Å²) in [6, 6.07) is 3.27. The van der Waals surface area contributed by atoms with Crippen LogP contribution >= 0.6 is 11.6 Å². The third kappa shape index (κ3) is 3.67. The first-order valence-corrected chi connectivity index (χ1v) is 6.00. The van der Waals surface area contributed by atoms with Gasteiger partial charge < -0.3 is 5.11 Å². The molecular weight excluding hydrogens is 261 g/mol. The van der Waals surface area contributed by atoms with Crippen LogP contribution in [0.15, 0.2) is 18.2 Å². The van der Waals surface area contributed by atoms with E-state index in [0.29, 0.717) is 0 Å². The van der Waals surface area contributed by atoms with Gasteiger partial charge in [-0.3, -0.25) is 9.52 Å². The molecule has 0 bridgehead atoms. The Morgan fingerprint density at radius 1 is 1.50 bits per heavy atom. The quantitative estimate of drug-likeness (QED) is 0.861. The van der Waals surface area contributed by atoms with E-state index in [1.807, 2.05) is 0 Å². The molecule has 1 aromatic rings. The Morgan fingerprint density at radius 2 is 2.12 bits per heavy atom. The van der Waals surface area contributed by atoms with Crippen LogP contribution in [0.25, 0.3) is 0 Å². The van der Waals surface area contributed by atoms with Crippen LogP contribution in [-0.4, -0.2) is 25.2 Å². The molecule has 16 heavy (non-hydrogen) atoms. The van der Waals surface area contributed by atoms with Crippen LogP contribution < -0.4 is 4.72 Å². The molecule has 88 valence electrons. The number of aliphatic carboxylic acids is 1. The van der Waals surface area contributed by atoms with Gasteiger partial charge in [0, 0.05) is 5.02 Å². The van der Waals surface area contributed by atoms with Gasteiger partial charge in [0.2, 0.25) is 10.0 Å². The highest BCUT2D eigenvalue weighted by Crippen LogP contribution is 2.20. The zero-order chi connectivity index (χ0) is 12.3. The van der Waals surface area contributed by atoms with Gasteiger partial charge in [-0.15, -0.1) is 0 Å². The van der Waals surface area contributed by atoms with Crippen LogP contribution in [0, 0.1) is 5.82 Å². The smallest absolute Gasteiger partial charge is 0.320 e. The highest BCUT2D eigenvalue weighted by atomic mass is 35.5. The third-order valence-corrected chi connectivity index (χ3v) is 2.90. The number of carboxylic acid groups (broad SMARTS) is 1. The average molecular weight is 268 g/mol. The van der Waals surface area contributed by atoms with E-state index >= 15 is 0 Å². The minimum Gasteiger partial charge on any atom is -0.480 e. The van der Waals surface area contributed by atoms with Gasteiger partial charge in [-0.2, -0.15) is 0 Å². The molecule has 0 aromatic heterocycles. The van der Waals surface area contributed by atoms with E-state index in [2.05, 4.69) is 0 Å². The Hall–Kier alpha value is -1.34. The van der Waals surface area contributed by atoms with Crippen molar-refractivity contribution < 1.29 is 22.7 Å². The van der Waals surface area contributed by atoms with Gasteiger partial charge in [-0.1, -0.05) is 11.6 Å². The second-order valence-corrected chi connectivity index (χ2v) is 5.04. The molecule has 0 aliphatic carbocycles. The maximum atomic E-state index is 13.1. The van der Waals surface area contributed by atoms with Gasteiger partial charge in [0.15, 0.2) is 5.75 Å². The van der Waals surface area contributed by atoms with Crippen LogP contribution in [-0.2, 0) is 14.8 Å². The van der Waals surface area contributed by atoms with Crippen LogP contribution in [0.3, 0.4) is 0 Å². The topological polar surface area (TPSA) is 83.5 Å². The number of carbonyl (C=O) groups is 1. The predicted molar refractivity (Wildman–Crippen MR) is 56.5 cm³/mol. The molecule has 0 radical (unpaired) electrons. The number of anilines is 1. The van der Waals surface area contributed by atoms with Crippen LogP contribution in [0.4, 0.5) is 10.1 Å². The van der Waals surface area contributed by atoms with Crippen molar-refractivity contribution in [3.05, 3.63) is 29.0 Å². The van der Waals surface area contributed by atoms with Gasteiger partial charge in [0.25, 0.3) is 0 Å². The molecule has 0 heterocycles. The minimum atomic E-state index is -4.12. The van der Waals surface area contributed by atoms with Gasteiger partial charge in [-0.05, 0) is 18.2 Å². The fraction of sp³-hybridized carbons (Fsp3) is 0.125. The first-order chi connectivity index (χ1) is 7.30. The molecule has 0 aliphatic heterocycles. The maximum absolute atomic E-state index is 13.1. The number of benzene rings is 1. The number of hydrogen-bond donors (Lipinski definition) is 2. The molecule has 2 N–H and O–H groups in total. The molecule has 0 aliphatic rings. The molecule has 0 amide bonds. The van der Waals surface area contributed by atoms with E-state index in [4.69, 9.17) is 16.7 Å². The summed E-state index contributed by atoms with van der Waals surface area (Å²) in [5, 5.41) is 8.45. The second kappa shape index (κ2) is 4.67. The Labute approximate surface area is 95.9 Å². The lowest BCUT2D eigenvalue weighted by Crippen LogP contribution is -2.22. The van der Waals surface area contributed by atoms with E-state index in [9.17, 15) is 17.6 Å². The monoisotopic (exact) mass is 267 g/mol. The largest absolute Gasteiger partial charge is 0.480 e. The highest BCUT2D eigenvalue weighted by Gasteiger charge is 2.17. The molecule has 0 unspecified atom stereocenters. The molecule has 0 spiro atoms. The molecule has 1 rings (SSSR count). The van der Waals surface area contributed by atoms with Crippen molar-refractivity contribution in [3.8, 4) is 0 Å². The van der Waals surface area contributed by atoms with E-state index in [1.165, 1.54) is 6.07 Å². The number of rotatable bonds is 4. The summed E-state index contributed by atoms with van der Waals surface area (Å²) in [7, 11) is -4.12. The maximum Gasteiger partial charge on any atom is 0.320 e. The lowest BCUT2D eigenvalue weighted by atomic mass is 10.3. The Morgan fingerprint density at radius 3 is 2.69 bits per heavy atom. The summed E-state index contributed by atoms with van der Waals surface area (Å²) in [6.07, 6.45) is 0. The summed E-state index contributed by atoms with van der Waals surface area (Å²) < 4.78 is 37.2. The molecule has 0 saturated heterocycles. The van der Waals surface area contributed by atoms with Crippen LogP contribution in [0.1, 0.15) is 0 Å². The van der Waals surface area contributed by atoms with Gasteiger partial charge >= 0.3 is 5.97 Å². The lowest BCUT2D eigenvalue weighted by molar-refractivity contribution is -0.134. The number of nitrogens with one attached hydrogen (secondary N) is 1. The summed E-state index contributed by atoms with van der Waals surface area (Å²) in [5.41, 5.74) is -0.381. The first-order valence-electron chi connectivity index (χ1n) is 3.97. The van der Waals surface area contributed by atoms with Crippen LogP contribution in [0.2, 0.25) is 5.02 Å². The zero-order valence-corrected chi connectivity index (χ0v) is 9.35. The van der Waals surface area contributed by atoms with Crippen molar-refractivity contribution in [1.82, 2.24) is 0 Å². The summed E-state index contributed by atoms with van der Waals surface area (Å²) in [5.74, 6) is -3.51. The fourth-order valence-corrected chi connectivity index (χ4v) is 2.00. The molecular formula is C8H7ClFNO4S. The van der Waals surface area contributed by atoms with Crippen LogP contribution in [0.5, 0.6) is 0 Å². The standard InChI is InChI=1S/C8H7ClFNO4S/c9-5-1-2-6(10)7(3-5)11-16(14,15)4-8(12)13/h1-3,11H,4H2,(H,12,13). The molecule has 5 nitrogen and oxygen atoms in total. The summed E-state index contributed by atoms with van der Waals surface area (Å²) >= 11 is 5.53. The van der Waals surface area contributed by atoms with E-state index < -0.39 is 27.6 Å². The number of halogens is 2. The Balaban J connectivity index is 2.96. The summed E-state index contributed by atoms with van der Waals surface area (Å²) in [4.78, 5) is 10.2. The molecule has 8 heteroatoms. The first kappa shape index (κ1) is 12.7. The Kier molecular flexibility index (Phi) is 3.71. The van der Waals surface area contributed by atoms with Gasteiger partial charge in [-0.25, -0.2) is 12.8 Å². The van der Waals surface area contributed by atoms with Crippen molar-refractivity contribution in [1.29, 1.82) is 0 Å². The van der Waals surface area contributed by atoms with Crippen molar-refractivity contribution in [2.75, 3.05) is 10.5 Å². The number of sulfonamides is 1. The van der Waals surface area contributed by atoms with Gasteiger partial charge in [0.1, 0.15) is 5.82 Å². The van der Waals surface area contributed by atoms with E-state index in [1.54, 1.807) is 4.72 Å². The third-order valence-electron chi connectivity index (χ3n) is 1.51. The SMILES string of the molecule is O=C(O)CS(=O)(=O)Nc1cc(Cl)ccc1F. The zero-order valence-electron chi connectivity index (χ0n) is 7.78. The number of carboxylic acids is 1. The van der Waals surface area contributed by atoms with E-state index in [-0.39, 0.29) is 10.7 Å². The lowest BCUT2D eigenvalue weighted by Gasteiger charge is -2.07. The van der Waals surface area contributed by atoms with Crippen molar-refractivity contribution >= 4 is 33.3 Å². The Bertz CT molecular complexity index is 517. The average Bonchev–Trinajstić information content (AvgIpc) is 2.08. The minimum absolute atomic E-state index is 0.134. The number of hydrogen-bond acceptors (Lipinski definition) is 3. The fourth-order valence-electron chi connectivity index (χ4n) is 0.942. The predicted octanol–water partition coefficient (Wildman–Crippen LogP) is 1.31. The van der Waals surface area contributed by atoms with E-state index in [0.717, 1.165) is 12.1 Å². The molecule has 0 saturated carbocycles.